The van der Waals surface area contributed by atoms with Crippen molar-refractivity contribution >= 4 is 22.4 Å². The Balaban J connectivity index is 1.33. The maximum absolute atomic E-state index is 12.2. The Bertz CT molecular complexity index is 969. The van der Waals surface area contributed by atoms with Gasteiger partial charge in [-0.1, -0.05) is 17.4 Å². The molecule has 1 N–H and O–H groups in total. The van der Waals surface area contributed by atoms with Gasteiger partial charge in [-0.15, -0.1) is 10.2 Å². The number of amides is 1. The molecule has 0 spiro atoms. The summed E-state index contributed by atoms with van der Waals surface area (Å²) in [6, 6.07) is 13.6. The summed E-state index contributed by atoms with van der Waals surface area (Å²) >= 11 is 1.32. The van der Waals surface area contributed by atoms with E-state index < -0.39 is 0 Å². The van der Waals surface area contributed by atoms with Gasteiger partial charge in [0.15, 0.2) is 6.61 Å². The Morgan fingerprint density at radius 3 is 2.57 bits per heavy atom. The number of carbonyl (C=O) groups excluding carboxylic acids is 1. The van der Waals surface area contributed by atoms with E-state index in [2.05, 4.69) is 27.6 Å². The molecule has 1 aliphatic carbocycles. The molecule has 0 aliphatic heterocycles. The van der Waals surface area contributed by atoms with Crippen LogP contribution in [0, 0.1) is 0 Å². The van der Waals surface area contributed by atoms with Crippen molar-refractivity contribution in [1.29, 1.82) is 0 Å². The van der Waals surface area contributed by atoms with Crippen LogP contribution in [0.15, 0.2) is 42.5 Å². The number of methoxy groups -OCH3 is 1. The fourth-order valence-electron chi connectivity index (χ4n) is 3.23. The number of aromatic nitrogens is 2. The molecule has 6 nitrogen and oxygen atoms in total. The average Bonchev–Trinajstić information content (AvgIpc) is 3.20. The average molecular weight is 395 g/mol. The van der Waals surface area contributed by atoms with E-state index in [4.69, 9.17) is 9.47 Å². The van der Waals surface area contributed by atoms with Crippen LogP contribution in [0.3, 0.4) is 0 Å². The normalized spacial score (nSPS) is 12.9. The number of rotatable bonds is 6. The van der Waals surface area contributed by atoms with E-state index >= 15 is 0 Å². The van der Waals surface area contributed by atoms with Gasteiger partial charge in [0.1, 0.15) is 16.5 Å². The Labute approximate surface area is 167 Å². The molecule has 1 aliphatic rings. The Morgan fingerprint density at radius 1 is 1.04 bits per heavy atom. The summed E-state index contributed by atoms with van der Waals surface area (Å²) in [7, 11) is 1.62. The van der Waals surface area contributed by atoms with E-state index in [1.165, 1.54) is 35.3 Å². The molecular formula is C21H21N3O3S. The number of hydrogen-bond donors (Lipinski definition) is 1. The molecule has 0 saturated carbocycles. The van der Waals surface area contributed by atoms with Crippen molar-refractivity contribution in [3.05, 3.63) is 53.6 Å². The highest BCUT2D eigenvalue weighted by Crippen LogP contribution is 2.28. The van der Waals surface area contributed by atoms with Crippen LogP contribution in [0.1, 0.15) is 24.0 Å². The molecule has 0 saturated heterocycles. The Morgan fingerprint density at radius 2 is 1.79 bits per heavy atom. The van der Waals surface area contributed by atoms with Crippen LogP contribution in [0.4, 0.5) is 5.13 Å². The third kappa shape index (κ3) is 4.31. The van der Waals surface area contributed by atoms with E-state index in [-0.39, 0.29) is 12.5 Å². The van der Waals surface area contributed by atoms with Crippen LogP contribution in [0.5, 0.6) is 11.5 Å². The number of anilines is 1. The van der Waals surface area contributed by atoms with Crippen LogP contribution in [-0.4, -0.2) is 29.8 Å². The largest absolute Gasteiger partial charge is 0.497 e. The number of fused-ring (bicyclic) bond motifs is 1. The minimum Gasteiger partial charge on any atom is -0.497 e. The number of carbonyl (C=O) groups is 1. The maximum Gasteiger partial charge on any atom is 0.264 e. The maximum atomic E-state index is 12.2. The lowest BCUT2D eigenvalue weighted by Crippen LogP contribution is -2.20. The summed E-state index contributed by atoms with van der Waals surface area (Å²) in [6.07, 6.45) is 4.67. The number of ether oxygens (including phenoxy) is 2. The molecule has 0 fully saturated rings. The summed E-state index contributed by atoms with van der Waals surface area (Å²) in [6.45, 7) is -0.0593. The first kappa shape index (κ1) is 18.4. The molecule has 1 aromatic heterocycles. The molecule has 4 rings (SSSR count). The molecule has 7 heteroatoms. The summed E-state index contributed by atoms with van der Waals surface area (Å²) in [4.78, 5) is 12.2. The van der Waals surface area contributed by atoms with E-state index in [0.717, 1.165) is 34.9 Å². The van der Waals surface area contributed by atoms with E-state index in [0.29, 0.717) is 5.13 Å². The van der Waals surface area contributed by atoms with Crippen molar-refractivity contribution in [3.63, 3.8) is 0 Å². The molecule has 144 valence electrons. The third-order valence-electron chi connectivity index (χ3n) is 4.70. The van der Waals surface area contributed by atoms with Crippen LogP contribution in [-0.2, 0) is 17.6 Å². The van der Waals surface area contributed by atoms with Crippen molar-refractivity contribution in [3.8, 4) is 22.1 Å². The van der Waals surface area contributed by atoms with Gasteiger partial charge in [-0.25, -0.2) is 0 Å². The fraction of sp³-hybridized carbons (Fsp3) is 0.286. The fourth-order valence-corrected chi connectivity index (χ4v) is 3.99. The lowest BCUT2D eigenvalue weighted by atomic mass is 9.92. The smallest absolute Gasteiger partial charge is 0.264 e. The first-order valence-corrected chi connectivity index (χ1v) is 10.1. The summed E-state index contributed by atoms with van der Waals surface area (Å²) in [5.41, 5.74) is 3.64. The third-order valence-corrected chi connectivity index (χ3v) is 5.59. The van der Waals surface area contributed by atoms with Gasteiger partial charge >= 0.3 is 0 Å². The summed E-state index contributed by atoms with van der Waals surface area (Å²) in [5.74, 6) is 1.25. The van der Waals surface area contributed by atoms with Gasteiger partial charge in [0, 0.05) is 5.56 Å². The first-order chi connectivity index (χ1) is 13.7. The highest BCUT2D eigenvalue weighted by Gasteiger charge is 2.13. The van der Waals surface area contributed by atoms with Gasteiger partial charge in [-0.2, -0.15) is 0 Å². The van der Waals surface area contributed by atoms with Crippen molar-refractivity contribution < 1.29 is 14.3 Å². The first-order valence-electron chi connectivity index (χ1n) is 9.23. The molecule has 0 bridgehead atoms. The zero-order valence-corrected chi connectivity index (χ0v) is 16.4. The predicted octanol–water partition coefficient (Wildman–Crippen LogP) is 4.11. The van der Waals surface area contributed by atoms with Crippen molar-refractivity contribution in [1.82, 2.24) is 10.2 Å². The van der Waals surface area contributed by atoms with Gasteiger partial charge in [0.2, 0.25) is 5.13 Å². The zero-order valence-electron chi connectivity index (χ0n) is 15.6. The topological polar surface area (TPSA) is 73.3 Å². The van der Waals surface area contributed by atoms with Crippen molar-refractivity contribution in [2.45, 2.75) is 25.7 Å². The summed E-state index contributed by atoms with van der Waals surface area (Å²) < 4.78 is 10.8. The second-order valence-electron chi connectivity index (χ2n) is 6.62. The molecule has 0 radical (unpaired) electrons. The number of aryl methyl sites for hydroxylation is 2. The minimum absolute atomic E-state index is 0.0593. The standard InChI is InChI=1S/C21H21N3O3S/c1-26-17-9-7-15(8-10-17)20-23-24-21(28-20)22-19(25)13-27-18-11-6-14-4-2-3-5-16(14)12-18/h6-12H,2-5,13H2,1H3,(H,22,24,25). The van der Waals surface area contributed by atoms with Crippen LogP contribution < -0.4 is 14.8 Å². The zero-order chi connectivity index (χ0) is 19.3. The lowest BCUT2D eigenvalue weighted by Gasteiger charge is -2.16. The molecule has 3 aromatic rings. The molecule has 0 unspecified atom stereocenters. The number of nitrogens with zero attached hydrogens (tertiary/aromatic N) is 2. The molecule has 0 atom stereocenters. The van der Waals surface area contributed by atoms with E-state index in [9.17, 15) is 4.79 Å². The molecular weight excluding hydrogens is 374 g/mol. The quantitative estimate of drug-likeness (QED) is 0.680. The van der Waals surface area contributed by atoms with E-state index in [1.54, 1.807) is 7.11 Å². The lowest BCUT2D eigenvalue weighted by molar-refractivity contribution is -0.118. The second kappa shape index (κ2) is 8.39. The van der Waals surface area contributed by atoms with Gasteiger partial charge in [0.25, 0.3) is 5.91 Å². The Kier molecular flexibility index (Phi) is 5.53. The van der Waals surface area contributed by atoms with E-state index in [1.807, 2.05) is 30.3 Å². The van der Waals surface area contributed by atoms with Crippen LogP contribution in [0.2, 0.25) is 0 Å². The highest BCUT2D eigenvalue weighted by molar-refractivity contribution is 7.18. The molecule has 2 aromatic carbocycles. The number of nitrogens with one attached hydrogen (secondary N) is 1. The molecule has 1 heterocycles. The van der Waals surface area contributed by atoms with Gasteiger partial charge in [-0.3, -0.25) is 10.1 Å². The highest BCUT2D eigenvalue weighted by atomic mass is 32.1. The number of hydrogen-bond acceptors (Lipinski definition) is 6. The van der Waals surface area contributed by atoms with Gasteiger partial charge in [-0.05, 0) is 73.2 Å². The summed E-state index contributed by atoms with van der Waals surface area (Å²) in [5, 5.41) is 12.1. The number of benzene rings is 2. The van der Waals surface area contributed by atoms with Crippen molar-refractivity contribution in [2.24, 2.45) is 0 Å². The Hall–Kier alpha value is -2.93. The SMILES string of the molecule is COc1ccc(-c2nnc(NC(=O)COc3ccc4c(c3)CCCC4)s2)cc1. The molecule has 28 heavy (non-hydrogen) atoms. The van der Waals surface area contributed by atoms with Crippen LogP contribution >= 0.6 is 11.3 Å². The monoisotopic (exact) mass is 395 g/mol. The minimum atomic E-state index is -0.254. The van der Waals surface area contributed by atoms with Gasteiger partial charge in [0.05, 0.1) is 7.11 Å². The van der Waals surface area contributed by atoms with Gasteiger partial charge < -0.3 is 9.47 Å². The van der Waals surface area contributed by atoms with Crippen molar-refractivity contribution in [2.75, 3.05) is 19.0 Å². The predicted molar refractivity (Wildman–Crippen MR) is 109 cm³/mol. The second-order valence-corrected chi connectivity index (χ2v) is 7.59. The van der Waals surface area contributed by atoms with Crippen LogP contribution in [0.25, 0.3) is 10.6 Å². The molecule has 1 amide bonds.